The van der Waals surface area contributed by atoms with Gasteiger partial charge in [-0.1, -0.05) is 25.6 Å². The molecule has 12 nitrogen and oxygen atoms in total. The Bertz CT molecular complexity index is 850. The van der Waals surface area contributed by atoms with Gasteiger partial charge in [0.05, 0.1) is 21.1 Å². The van der Waals surface area contributed by atoms with E-state index >= 15 is 0 Å². The number of ether oxygens (including phenoxy) is 3. The maximum atomic E-state index is 12.8. The van der Waals surface area contributed by atoms with Crippen LogP contribution >= 0.6 is 11.8 Å². The van der Waals surface area contributed by atoms with E-state index in [1.54, 1.807) is 0 Å². The Labute approximate surface area is 208 Å². The number of thioether (sulfide) groups is 1. The van der Waals surface area contributed by atoms with Gasteiger partial charge < -0.3 is 29.3 Å². The highest BCUT2D eigenvalue weighted by Crippen LogP contribution is 2.25. The highest BCUT2D eigenvalue weighted by molar-refractivity contribution is 8.14. The lowest BCUT2D eigenvalue weighted by Crippen LogP contribution is -2.50. The third kappa shape index (κ3) is 12.4. The fourth-order valence-electron chi connectivity index (χ4n) is 2.58. The molecule has 35 heavy (non-hydrogen) atoms. The second kappa shape index (κ2) is 13.8. The highest BCUT2D eigenvalue weighted by atomic mass is 32.2. The quantitative estimate of drug-likeness (QED) is 0.209. The van der Waals surface area contributed by atoms with E-state index in [0.29, 0.717) is 16.8 Å². The predicted molar refractivity (Wildman–Crippen MR) is 126 cm³/mol. The molecule has 0 radical (unpaired) electrons. The minimum absolute atomic E-state index is 0.0340. The summed E-state index contributed by atoms with van der Waals surface area (Å²) in [7, 11) is 5.64. The molecule has 0 aliphatic carbocycles. The average Bonchev–Trinajstić information content (AvgIpc) is 2.75. The minimum Gasteiger partial charge on any atom is -0.462 e. The first kappa shape index (κ1) is 30.1. The highest BCUT2D eigenvalue weighted by Gasteiger charge is 2.41. The van der Waals surface area contributed by atoms with Crippen molar-refractivity contribution in [1.82, 2.24) is 10.6 Å². The van der Waals surface area contributed by atoms with Crippen molar-refractivity contribution >= 4 is 46.6 Å². The summed E-state index contributed by atoms with van der Waals surface area (Å²) in [5, 5.41) is 4.70. The van der Waals surface area contributed by atoms with Crippen molar-refractivity contribution in [2.24, 2.45) is 5.41 Å². The van der Waals surface area contributed by atoms with E-state index in [2.05, 4.69) is 10.6 Å². The van der Waals surface area contributed by atoms with Crippen LogP contribution in [-0.4, -0.2) is 105 Å². The van der Waals surface area contributed by atoms with E-state index in [4.69, 9.17) is 14.2 Å². The number of hydrogen-bond donors (Lipinski definition) is 2. The van der Waals surface area contributed by atoms with Crippen LogP contribution in [0.25, 0.3) is 0 Å². The summed E-state index contributed by atoms with van der Waals surface area (Å²) in [6, 6.07) is 0. The molecular weight excluding hydrogens is 482 g/mol. The molecule has 0 fully saturated rings. The number of nitrogens with zero attached hydrogens (tertiary/aromatic N) is 1. The van der Waals surface area contributed by atoms with Crippen LogP contribution in [0.1, 0.15) is 20.3 Å². The van der Waals surface area contributed by atoms with Gasteiger partial charge in [0.15, 0.2) is 6.10 Å². The monoisotopic (exact) mass is 516 g/mol. The SMILES string of the molecule is CC1(C)COC(=O)/C=C/C(=O)SCCNC(=O)CCNC(=O)[C@@H]1OC(=O)C(=O)OCC[N+](C)(C)C. The zero-order valence-corrected chi connectivity index (χ0v) is 21.5. The molecule has 1 heterocycles. The number of esters is 3. The van der Waals surface area contributed by atoms with Gasteiger partial charge in [0.1, 0.15) is 19.8 Å². The maximum absolute atomic E-state index is 12.8. The smallest absolute Gasteiger partial charge is 0.418 e. The van der Waals surface area contributed by atoms with E-state index in [-0.39, 0.29) is 38.6 Å². The van der Waals surface area contributed by atoms with E-state index in [9.17, 15) is 28.8 Å². The summed E-state index contributed by atoms with van der Waals surface area (Å²) in [6.07, 6.45) is 0.367. The number of carbonyl (C=O) groups excluding carboxylic acids is 6. The van der Waals surface area contributed by atoms with Crippen molar-refractivity contribution in [3.05, 3.63) is 12.2 Å². The molecule has 0 aromatic heterocycles. The lowest BCUT2D eigenvalue weighted by molar-refractivity contribution is -0.870. The maximum Gasteiger partial charge on any atom is 0.418 e. The molecule has 1 rings (SSSR count). The molecule has 13 heteroatoms. The van der Waals surface area contributed by atoms with Gasteiger partial charge in [-0.2, -0.15) is 0 Å². The van der Waals surface area contributed by atoms with Gasteiger partial charge >= 0.3 is 17.9 Å². The van der Waals surface area contributed by atoms with Crippen LogP contribution in [-0.2, 0) is 43.0 Å². The molecule has 0 aromatic carbocycles. The van der Waals surface area contributed by atoms with Gasteiger partial charge in [0.2, 0.25) is 11.0 Å². The van der Waals surface area contributed by atoms with Crippen LogP contribution in [0.2, 0.25) is 0 Å². The van der Waals surface area contributed by atoms with Crippen molar-refractivity contribution < 1.29 is 47.5 Å². The fourth-order valence-corrected chi connectivity index (χ4v) is 3.15. The van der Waals surface area contributed by atoms with Gasteiger partial charge in [0, 0.05) is 36.8 Å². The van der Waals surface area contributed by atoms with E-state index < -0.39 is 40.4 Å². The minimum atomic E-state index is -1.55. The number of hydrogen-bond acceptors (Lipinski definition) is 10. The number of cyclic esters (lactones) is 1. The summed E-state index contributed by atoms with van der Waals surface area (Å²) >= 11 is 0.917. The molecule has 1 aliphatic heterocycles. The van der Waals surface area contributed by atoms with Crippen LogP contribution in [0, 0.1) is 5.41 Å². The fraction of sp³-hybridized carbons (Fsp3) is 0.636. The molecule has 0 aromatic rings. The molecule has 0 unspecified atom stereocenters. The molecule has 0 saturated heterocycles. The average molecular weight is 517 g/mol. The van der Waals surface area contributed by atoms with Gasteiger partial charge in [0.25, 0.3) is 5.91 Å². The Hall–Kier alpha value is -2.93. The molecule has 0 saturated carbocycles. The van der Waals surface area contributed by atoms with E-state index in [1.165, 1.54) is 13.8 Å². The van der Waals surface area contributed by atoms with Gasteiger partial charge in [-0.3, -0.25) is 14.4 Å². The van der Waals surface area contributed by atoms with Crippen molar-refractivity contribution in [2.45, 2.75) is 26.4 Å². The number of likely N-dealkylation sites (N-methyl/N-ethyl adjacent to an activating group) is 1. The van der Waals surface area contributed by atoms with Crippen LogP contribution in [0.15, 0.2) is 12.2 Å². The van der Waals surface area contributed by atoms with Crippen molar-refractivity contribution in [1.29, 1.82) is 0 Å². The molecule has 196 valence electrons. The van der Waals surface area contributed by atoms with E-state index in [0.717, 1.165) is 23.9 Å². The van der Waals surface area contributed by atoms with Crippen LogP contribution in [0.4, 0.5) is 0 Å². The molecule has 0 spiro atoms. The normalized spacial score (nSPS) is 21.6. The predicted octanol–water partition coefficient (Wildman–Crippen LogP) is -0.831. The first-order valence-corrected chi connectivity index (χ1v) is 11.9. The number of rotatable bonds is 4. The first-order chi connectivity index (χ1) is 16.2. The summed E-state index contributed by atoms with van der Waals surface area (Å²) < 4.78 is 15.7. The standard InChI is InChI=1S/C22H33N3O9S/c1-22(2)14-33-16(27)6-7-17(28)35-13-10-23-15(26)8-9-24-19(29)18(22)34-21(31)20(30)32-12-11-25(3,4)5/h6-7,18H,8-14H2,1-5H3,(H-,23,24,26,29)/p+1/b7-6+/t18-/m0/s1. The Morgan fingerprint density at radius 1 is 1.09 bits per heavy atom. The third-order valence-corrected chi connectivity index (χ3v) is 5.43. The largest absolute Gasteiger partial charge is 0.462 e. The summed E-state index contributed by atoms with van der Waals surface area (Å²) in [6.45, 7) is 3.16. The lowest BCUT2D eigenvalue weighted by atomic mass is 9.86. The van der Waals surface area contributed by atoms with Crippen molar-refractivity contribution in [3.63, 3.8) is 0 Å². The van der Waals surface area contributed by atoms with Gasteiger partial charge in [-0.25, -0.2) is 14.4 Å². The number of quaternary nitrogens is 1. The Morgan fingerprint density at radius 3 is 2.43 bits per heavy atom. The number of nitrogens with one attached hydrogen (secondary N) is 2. The summed E-state index contributed by atoms with van der Waals surface area (Å²) in [5.41, 5.74) is -1.28. The third-order valence-electron chi connectivity index (χ3n) is 4.60. The zero-order valence-electron chi connectivity index (χ0n) is 20.7. The molecular formula is C22H34N3O9S+. The first-order valence-electron chi connectivity index (χ1n) is 11.0. The van der Waals surface area contributed by atoms with Crippen molar-refractivity contribution in [3.8, 4) is 0 Å². The lowest BCUT2D eigenvalue weighted by Gasteiger charge is -2.31. The van der Waals surface area contributed by atoms with Crippen LogP contribution in [0.5, 0.6) is 0 Å². The zero-order chi connectivity index (χ0) is 26.6. The van der Waals surface area contributed by atoms with Crippen LogP contribution < -0.4 is 10.6 Å². The summed E-state index contributed by atoms with van der Waals surface area (Å²) in [4.78, 5) is 73.0. The van der Waals surface area contributed by atoms with Crippen LogP contribution in [0.3, 0.4) is 0 Å². The van der Waals surface area contributed by atoms with E-state index in [1.807, 2.05) is 21.1 Å². The molecule has 2 amide bonds. The Kier molecular flexibility index (Phi) is 11.9. The topological polar surface area (TPSA) is 154 Å². The molecule has 1 atom stereocenters. The molecule has 2 N–H and O–H groups in total. The second-order valence-corrected chi connectivity index (χ2v) is 10.5. The van der Waals surface area contributed by atoms with Crippen molar-refractivity contribution in [2.75, 3.05) is 59.7 Å². The number of carbonyl (C=O) groups is 6. The Balaban J connectivity index is 2.98. The van der Waals surface area contributed by atoms with Gasteiger partial charge in [-0.05, 0) is 6.08 Å². The Morgan fingerprint density at radius 2 is 1.77 bits per heavy atom. The van der Waals surface area contributed by atoms with Gasteiger partial charge in [-0.15, -0.1) is 0 Å². The molecule has 1 aliphatic rings. The number of amides is 2. The molecule has 0 bridgehead atoms. The summed E-state index contributed by atoms with van der Waals surface area (Å²) in [5.74, 6) is -4.32. The second-order valence-electron chi connectivity index (χ2n) is 9.42.